The van der Waals surface area contributed by atoms with Crippen molar-refractivity contribution < 1.29 is 4.42 Å². The highest BCUT2D eigenvalue weighted by molar-refractivity contribution is 5.86. The predicted octanol–water partition coefficient (Wildman–Crippen LogP) is 1.67. The second-order valence-electron chi connectivity index (χ2n) is 3.94. The Balaban J connectivity index is 2.29. The quantitative estimate of drug-likeness (QED) is 0.725. The number of nitrogen functional groups attached to an aromatic ring is 1. The zero-order valence-electron chi connectivity index (χ0n) is 9.83. The molecule has 0 amide bonds. The van der Waals surface area contributed by atoms with Crippen molar-refractivity contribution in [1.29, 1.82) is 0 Å². The summed E-state index contributed by atoms with van der Waals surface area (Å²) in [7, 11) is 0. The van der Waals surface area contributed by atoms with Crippen LogP contribution < -0.4 is 11.3 Å². The molecule has 3 N–H and O–H groups in total. The van der Waals surface area contributed by atoms with Gasteiger partial charge in [0, 0.05) is 17.3 Å². The largest absolute Gasteiger partial charge is 0.464 e. The van der Waals surface area contributed by atoms with Gasteiger partial charge < -0.3 is 15.1 Å². The maximum absolute atomic E-state index is 11.4. The maximum Gasteiger partial charge on any atom is 0.266 e. The molecule has 3 aromatic heterocycles. The van der Waals surface area contributed by atoms with Crippen molar-refractivity contribution in [3.63, 3.8) is 0 Å². The summed E-state index contributed by atoms with van der Waals surface area (Å²) in [5, 5.41) is 0. The van der Waals surface area contributed by atoms with Gasteiger partial charge in [-0.1, -0.05) is 0 Å². The van der Waals surface area contributed by atoms with Crippen molar-refractivity contribution >= 4 is 5.69 Å². The number of aromatic amines is 1. The van der Waals surface area contributed by atoms with E-state index in [4.69, 9.17) is 10.2 Å². The summed E-state index contributed by atoms with van der Waals surface area (Å²) in [6.07, 6.45) is 7.46. The monoisotopic (exact) mass is 254 g/mol. The Morgan fingerprint density at radius 2 is 2.00 bits per heavy atom. The van der Waals surface area contributed by atoms with E-state index in [1.807, 2.05) is 0 Å². The van der Waals surface area contributed by atoms with Crippen LogP contribution in [0.15, 0.2) is 52.4 Å². The van der Waals surface area contributed by atoms with E-state index in [1.165, 1.54) is 12.4 Å². The van der Waals surface area contributed by atoms with E-state index in [0.717, 1.165) is 0 Å². The van der Waals surface area contributed by atoms with Crippen LogP contribution in [0.4, 0.5) is 5.69 Å². The molecule has 0 aliphatic carbocycles. The van der Waals surface area contributed by atoms with Crippen LogP contribution in [0.2, 0.25) is 0 Å². The second kappa shape index (κ2) is 4.41. The fourth-order valence-corrected chi connectivity index (χ4v) is 1.90. The van der Waals surface area contributed by atoms with Crippen molar-refractivity contribution in [2.24, 2.45) is 0 Å². The summed E-state index contributed by atoms with van der Waals surface area (Å²) in [5.74, 6) is 0.625. The van der Waals surface area contributed by atoms with Crippen LogP contribution in [0.5, 0.6) is 0 Å². The fourth-order valence-electron chi connectivity index (χ4n) is 1.90. The minimum Gasteiger partial charge on any atom is -0.464 e. The van der Waals surface area contributed by atoms with E-state index < -0.39 is 0 Å². The van der Waals surface area contributed by atoms with Crippen LogP contribution in [-0.2, 0) is 0 Å². The molecule has 0 aromatic carbocycles. The first-order chi connectivity index (χ1) is 9.25. The van der Waals surface area contributed by atoms with E-state index in [-0.39, 0.29) is 5.56 Å². The van der Waals surface area contributed by atoms with Gasteiger partial charge in [-0.15, -0.1) is 0 Å². The maximum atomic E-state index is 11.4. The van der Waals surface area contributed by atoms with Crippen LogP contribution >= 0.6 is 0 Å². The Bertz CT molecular complexity index is 762. The molecule has 0 spiro atoms. The van der Waals surface area contributed by atoms with Gasteiger partial charge in [0.05, 0.1) is 36.2 Å². The lowest BCUT2D eigenvalue weighted by molar-refractivity contribution is 0.582. The molecule has 3 heterocycles. The molecule has 19 heavy (non-hydrogen) atoms. The Labute approximate surface area is 108 Å². The van der Waals surface area contributed by atoms with Gasteiger partial charge in [0.1, 0.15) is 5.76 Å². The van der Waals surface area contributed by atoms with E-state index in [0.29, 0.717) is 28.3 Å². The topological polar surface area (TPSA) is 97.8 Å². The molecular formula is C13H10N4O2. The zero-order chi connectivity index (χ0) is 13.2. The number of pyridine rings is 1. The van der Waals surface area contributed by atoms with E-state index >= 15 is 0 Å². The van der Waals surface area contributed by atoms with Gasteiger partial charge in [0.15, 0.2) is 0 Å². The normalized spacial score (nSPS) is 10.5. The molecule has 0 bridgehead atoms. The minimum atomic E-state index is -0.292. The van der Waals surface area contributed by atoms with Gasteiger partial charge in [0.2, 0.25) is 0 Å². The van der Waals surface area contributed by atoms with Gasteiger partial charge in [-0.05, 0) is 12.1 Å². The summed E-state index contributed by atoms with van der Waals surface area (Å²) < 4.78 is 5.36. The van der Waals surface area contributed by atoms with Crippen LogP contribution in [0.3, 0.4) is 0 Å². The smallest absolute Gasteiger partial charge is 0.266 e. The predicted molar refractivity (Wildman–Crippen MR) is 70.2 cm³/mol. The number of hydrogen-bond acceptors (Lipinski definition) is 5. The lowest BCUT2D eigenvalue weighted by Gasteiger charge is -2.09. The third-order valence-electron chi connectivity index (χ3n) is 2.68. The average Bonchev–Trinajstić information content (AvgIpc) is 2.92. The molecule has 0 atom stereocenters. The van der Waals surface area contributed by atoms with Crippen LogP contribution in [0, 0.1) is 0 Å². The molecule has 0 saturated carbocycles. The molecule has 0 fully saturated rings. The van der Waals surface area contributed by atoms with Crippen molar-refractivity contribution in [3.8, 4) is 22.6 Å². The number of aromatic nitrogens is 3. The van der Waals surface area contributed by atoms with Crippen molar-refractivity contribution in [2.75, 3.05) is 5.73 Å². The van der Waals surface area contributed by atoms with E-state index in [1.54, 1.807) is 30.8 Å². The van der Waals surface area contributed by atoms with Crippen LogP contribution in [0.25, 0.3) is 22.6 Å². The number of nitrogens with zero attached hydrogens (tertiary/aromatic N) is 2. The zero-order valence-corrected chi connectivity index (χ0v) is 9.83. The van der Waals surface area contributed by atoms with Crippen LogP contribution in [0.1, 0.15) is 0 Å². The third-order valence-corrected chi connectivity index (χ3v) is 2.68. The van der Waals surface area contributed by atoms with Gasteiger partial charge in [0.25, 0.3) is 5.56 Å². The number of rotatable bonds is 2. The van der Waals surface area contributed by atoms with Crippen molar-refractivity contribution in [1.82, 2.24) is 15.0 Å². The number of nitrogens with two attached hydrogens (primary N) is 1. The molecule has 0 aliphatic heterocycles. The summed E-state index contributed by atoms with van der Waals surface area (Å²) in [6.45, 7) is 0. The van der Waals surface area contributed by atoms with Crippen molar-refractivity contribution in [2.45, 2.75) is 0 Å². The van der Waals surface area contributed by atoms with E-state index in [9.17, 15) is 4.79 Å². The van der Waals surface area contributed by atoms with Gasteiger partial charge in [-0.25, -0.2) is 0 Å². The second-order valence-corrected chi connectivity index (χ2v) is 3.94. The number of nitrogens with one attached hydrogen (secondary N) is 1. The molecule has 0 saturated heterocycles. The van der Waals surface area contributed by atoms with Crippen molar-refractivity contribution in [3.05, 3.63) is 53.5 Å². The molecule has 6 nitrogen and oxygen atoms in total. The number of hydrogen-bond donors (Lipinski definition) is 2. The van der Waals surface area contributed by atoms with Gasteiger partial charge >= 0.3 is 0 Å². The molecule has 94 valence electrons. The molecular weight excluding hydrogens is 244 g/mol. The lowest BCUT2D eigenvalue weighted by atomic mass is 10.0. The summed E-state index contributed by atoms with van der Waals surface area (Å²) in [5.41, 5.74) is 7.98. The highest BCUT2D eigenvalue weighted by atomic mass is 16.3. The Morgan fingerprint density at radius 3 is 2.74 bits per heavy atom. The first-order valence-electron chi connectivity index (χ1n) is 5.58. The third kappa shape index (κ3) is 1.99. The Hall–Kier alpha value is -2.89. The molecule has 3 aromatic rings. The SMILES string of the molecule is Nc1cncc(-c2ccco2)c1-c1cncc(=O)[nH]1. The molecule has 0 radical (unpaired) electrons. The van der Waals surface area contributed by atoms with Gasteiger partial charge in [-0.2, -0.15) is 0 Å². The molecule has 0 unspecified atom stereocenters. The lowest BCUT2D eigenvalue weighted by Crippen LogP contribution is -2.07. The average molecular weight is 254 g/mol. The standard InChI is InChI=1S/C13H10N4O2/c14-9-5-15-4-8(11-2-1-3-19-11)13(9)10-6-16-7-12(18)17-10/h1-7H,14H2,(H,17,18). The highest BCUT2D eigenvalue weighted by Crippen LogP contribution is 2.33. The van der Waals surface area contributed by atoms with E-state index in [2.05, 4.69) is 15.0 Å². The molecule has 3 rings (SSSR count). The summed E-state index contributed by atoms with van der Waals surface area (Å²) in [6, 6.07) is 3.57. The highest BCUT2D eigenvalue weighted by Gasteiger charge is 2.14. The summed E-state index contributed by atoms with van der Waals surface area (Å²) in [4.78, 5) is 22.0. The number of H-pyrrole nitrogens is 1. The Kier molecular flexibility index (Phi) is 2.60. The first kappa shape index (κ1) is 11.2. The Morgan fingerprint density at radius 1 is 1.16 bits per heavy atom. The fraction of sp³-hybridized carbons (Fsp3) is 0. The number of furan rings is 1. The van der Waals surface area contributed by atoms with Gasteiger partial charge in [-0.3, -0.25) is 14.8 Å². The number of anilines is 1. The first-order valence-corrected chi connectivity index (χ1v) is 5.58. The molecule has 6 heteroatoms. The minimum absolute atomic E-state index is 0.292. The molecule has 0 aliphatic rings. The summed E-state index contributed by atoms with van der Waals surface area (Å²) >= 11 is 0. The van der Waals surface area contributed by atoms with Crippen LogP contribution in [-0.4, -0.2) is 15.0 Å².